The number of benzene rings is 1. The van der Waals surface area contributed by atoms with Crippen LogP contribution in [0.2, 0.25) is 18.1 Å². The first-order valence-corrected chi connectivity index (χ1v) is 11.6. The Kier molecular flexibility index (Phi) is 6.60. The van der Waals surface area contributed by atoms with Gasteiger partial charge in [-0.3, -0.25) is 4.79 Å². The number of hydrogen-bond donors (Lipinski definition) is 2. The third kappa shape index (κ3) is 5.35. The molecule has 0 aliphatic rings. The summed E-state index contributed by atoms with van der Waals surface area (Å²) in [7, 11) is -2.74. The van der Waals surface area contributed by atoms with Crippen LogP contribution in [-0.4, -0.2) is 42.9 Å². The Hall–Kier alpha value is -1.80. The maximum absolute atomic E-state index is 14.4. The van der Waals surface area contributed by atoms with Gasteiger partial charge in [-0.1, -0.05) is 39.0 Å². The average Bonchev–Trinajstić information content (AvgIpc) is 2.50. The Balaban J connectivity index is 3.35. The number of amides is 1. The van der Waals surface area contributed by atoms with E-state index in [0.29, 0.717) is 6.92 Å². The largest absolute Gasteiger partial charge is 0.479 e. The maximum Gasteiger partial charge on any atom is 0.336 e. The molecule has 0 saturated carbocycles. The Morgan fingerprint density at radius 1 is 1.07 bits per heavy atom. The smallest absolute Gasteiger partial charge is 0.336 e. The van der Waals surface area contributed by atoms with Crippen LogP contribution in [0.25, 0.3) is 0 Å². The minimum absolute atomic E-state index is 0.159. The molecule has 0 radical (unpaired) electrons. The fourth-order valence-electron chi connectivity index (χ4n) is 2.46. The fourth-order valence-corrected chi connectivity index (χ4v) is 4.03. The van der Waals surface area contributed by atoms with Crippen molar-refractivity contribution in [2.24, 2.45) is 0 Å². The van der Waals surface area contributed by atoms with Gasteiger partial charge in [0.1, 0.15) is 6.04 Å². The molecule has 1 aromatic rings. The fraction of sp³-hybridized carbons (Fsp3) is 0.579. The van der Waals surface area contributed by atoms with Gasteiger partial charge in [-0.15, -0.1) is 0 Å². The van der Waals surface area contributed by atoms with Gasteiger partial charge in [-0.2, -0.15) is 0 Å². The van der Waals surface area contributed by atoms with Crippen LogP contribution >= 0.6 is 0 Å². The highest BCUT2D eigenvalue weighted by Crippen LogP contribution is 2.41. The molecule has 0 aliphatic carbocycles. The van der Waals surface area contributed by atoms with Crippen molar-refractivity contribution in [3.8, 4) is 0 Å². The van der Waals surface area contributed by atoms with Crippen molar-refractivity contribution < 1.29 is 27.9 Å². The number of carbonyl (C=O) groups excluding carboxylic acids is 1. The summed E-state index contributed by atoms with van der Waals surface area (Å²) in [6.07, 6.45) is 0. The van der Waals surface area contributed by atoms with Crippen LogP contribution in [0, 0.1) is 0 Å². The average molecular weight is 402 g/mol. The first-order valence-electron chi connectivity index (χ1n) is 8.69. The molecule has 5 nitrogen and oxygen atoms in total. The number of carboxylic acid groups (broad SMARTS) is 1. The maximum atomic E-state index is 14.4. The van der Waals surface area contributed by atoms with Crippen LogP contribution in [0.3, 0.4) is 0 Å². The third-order valence-electron chi connectivity index (χ3n) is 5.07. The van der Waals surface area contributed by atoms with E-state index in [1.807, 2.05) is 20.8 Å². The molecule has 0 spiro atoms. The molecule has 0 fully saturated rings. The van der Waals surface area contributed by atoms with Crippen molar-refractivity contribution in [1.29, 1.82) is 0 Å². The van der Waals surface area contributed by atoms with E-state index in [0.717, 1.165) is 6.92 Å². The lowest BCUT2D eigenvalue weighted by Gasteiger charge is -2.46. The van der Waals surface area contributed by atoms with E-state index in [9.17, 15) is 23.5 Å². The van der Waals surface area contributed by atoms with Crippen molar-refractivity contribution in [3.63, 3.8) is 0 Å². The minimum Gasteiger partial charge on any atom is -0.479 e. The van der Waals surface area contributed by atoms with Gasteiger partial charge >= 0.3 is 5.97 Å². The van der Waals surface area contributed by atoms with Gasteiger partial charge in [0.15, 0.2) is 13.9 Å². The topological polar surface area (TPSA) is 75.6 Å². The lowest BCUT2D eigenvalue weighted by atomic mass is 9.91. The van der Waals surface area contributed by atoms with Crippen LogP contribution in [0.1, 0.15) is 45.0 Å². The Morgan fingerprint density at radius 2 is 1.56 bits per heavy atom. The predicted molar refractivity (Wildman–Crippen MR) is 103 cm³/mol. The molecular weight excluding hydrogens is 372 g/mol. The summed E-state index contributed by atoms with van der Waals surface area (Å²) in [5.41, 5.74) is -2.14. The molecule has 8 heteroatoms. The standard InChI is InChI=1S/C19H29F2NO4Si/c1-17(2,3)27(6,7)26-18(4,16(24)25)15(19(5,20)21)22-14(23)13-11-9-8-10-12-13/h8-12,15H,1-7H3,(H,22,23)(H,24,25)/t15-,18-/m1/s1. The molecule has 152 valence electrons. The number of carbonyl (C=O) groups is 2. The molecule has 0 aliphatic heterocycles. The predicted octanol–water partition coefficient (Wildman–Crippen LogP) is 4.31. The Labute approximate surface area is 160 Å². The Bertz CT molecular complexity index is 683. The van der Waals surface area contributed by atoms with E-state index >= 15 is 0 Å². The highest BCUT2D eigenvalue weighted by Gasteiger charge is 2.57. The molecule has 2 atom stereocenters. The lowest BCUT2D eigenvalue weighted by molar-refractivity contribution is -0.168. The normalized spacial score (nSPS) is 16.3. The summed E-state index contributed by atoms with van der Waals surface area (Å²) >= 11 is 0. The molecule has 1 rings (SSSR count). The quantitative estimate of drug-likeness (QED) is 0.668. The van der Waals surface area contributed by atoms with E-state index in [1.54, 1.807) is 31.3 Å². The van der Waals surface area contributed by atoms with Crippen molar-refractivity contribution in [2.45, 2.75) is 70.3 Å². The first kappa shape index (κ1) is 23.2. The van der Waals surface area contributed by atoms with E-state index in [1.165, 1.54) is 12.1 Å². The molecule has 0 saturated heterocycles. The second-order valence-corrected chi connectivity index (χ2v) is 13.2. The van der Waals surface area contributed by atoms with E-state index in [-0.39, 0.29) is 5.56 Å². The molecule has 0 aromatic heterocycles. The van der Waals surface area contributed by atoms with Crippen LogP contribution in [-0.2, 0) is 9.22 Å². The van der Waals surface area contributed by atoms with Gasteiger partial charge in [0.2, 0.25) is 0 Å². The van der Waals surface area contributed by atoms with E-state index < -0.39 is 42.8 Å². The van der Waals surface area contributed by atoms with Crippen LogP contribution in [0.15, 0.2) is 30.3 Å². The van der Waals surface area contributed by atoms with Crippen molar-refractivity contribution in [3.05, 3.63) is 35.9 Å². The van der Waals surface area contributed by atoms with E-state index in [2.05, 4.69) is 5.32 Å². The zero-order valence-electron chi connectivity index (χ0n) is 16.9. The van der Waals surface area contributed by atoms with Gasteiger partial charge in [0.05, 0.1) is 0 Å². The van der Waals surface area contributed by atoms with Crippen molar-refractivity contribution >= 4 is 20.2 Å². The lowest BCUT2D eigenvalue weighted by Crippen LogP contribution is -2.67. The zero-order chi connectivity index (χ0) is 21.3. The zero-order valence-corrected chi connectivity index (χ0v) is 17.9. The van der Waals surface area contributed by atoms with Crippen LogP contribution in [0.5, 0.6) is 0 Å². The summed E-state index contributed by atoms with van der Waals surface area (Å²) in [4.78, 5) is 24.5. The van der Waals surface area contributed by atoms with Gasteiger partial charge in [0.25, 0.3) is 11.8 Å². The summed E-state index contributed by atoms with van der Waals surface area (Å²) in [6, 6.07) is 5.75. The summed E-state index contributed by atoms with van der Waals surface area (Å²) in [5, 5.41) is 11.6. The molecule has 1 amide bonds. The number of alkyl halides is 2. The molecule has 0 heterocycles. The molecule has 1 aromatic carbocycles. The van der Waals surface area contributed by atoms with E-state index in [4.69, 9.17) is 4.43 Å². The molecule has 0 unspecified atom stereocenters. The molecule has 27 heavy (non-hydrogen) atoms. The van der Waals surface area contributed by atoms with Gasteiger partial charge in [-0.25, -0.2) is 13.6 Å². The summed E-state index contributed by atoms with van der Waals surface area (Å²) in [5.74, 6) is -5.86. The van der Waals surface area contributed by atoms with Gasteiger partial charge in [-0.05, 0) is 37.2 Å². The summed E-state index contributed by atoms with van der Waals surface area (Å²) in [6.45, 7) is 10.9. The van der Waals surface area contributed by atoms with Crippen molar-refractivity contribution in [1.82, 2.24) is 5.32 Å². The van der Waals surface area contributed by atoms with Crippen LogP contribution in [0.4, 0.5) is 8.78 Å². The second kappa shape index (κ2) is 7.67. The number of carboxylic acids is 1. The number of hydrogen-bond acceptors (Lipinski definition) is 3. The second-order valence-electron chi connectivity index (χ2n) is 8.50. The van der Waals surface area contributed by atoms with Gasteiger partial charge < -0.3 is 14.8 Å². The van der Waals surface area contributed by atoms with Crippen LogP contribution < -0.4 is 5.32 Å². The van der Waals surface area contributed by atoms with Gasteiger partial charge in [0, 0.05) is 12.5 Å². The third-order valence-corrected chi connectivity index (χ3v) is 9.61. The number of nitrogens with one attached hydrogen (secondary N) is 1. The number of aliphatic carboxylic acids is 1. The Morgan fingerprint density at radius 3 is 1.93 bits per heavy atom. The van der Waals surface area contributed by atoms with Crippen molar-refractivity contribution in [2.75, 3.05) is 0 Å². The number of halogens is 2. The SMILES string of the molecule is CC(F)(F)[C@H](NC(=O)c1ccccc1)[C@@](C)(O[Si](C)(C)C(C)(C)C)C(=O)O. The number of rotatable bonds is 7. The highest BCUT2D eigenvalue weighted by atomic mass is 28.4. The first-order chi connectivity index (χ1) is 12.0. The minimum atomic E-state index is -3.53. The molecular formula is C19H29F2NO4Si. The highest BCUT2D eigenvalue weighted by molar-refractivity contribution is 6.74. The molecule has 2 N–H and O–H groups in total. The monoisotopic (exact) mass is 401 g/mol. The molecule has 0 bridgehead atoms. The summed E-state index contributed by atoms with van der Waals surface area (Å²) < 4.78 is 34.8.